The molecule has 0 spiro atoms. The Hall–Kier alpha value is -0.480. The van der Waals surface area contributed by atoms with Crippen molar-refractivity contribution in [2.24, 2.45) is 0 Å². The van der Waals surface area contributed by atoms with E-state index in [-0.39, 0.29) is 51.5 Å². The summed E-state index contributed by atoms with van der Waals surface area (Å²) < 4.78 is 62.0. The molecule has 0 aliphatic carbocycles. The zero-order chi connectivity index (χ0) is 13.6. The Morgan fingerprint density at radius 3 is 2.05 bits per heavy atom. The van der Waals surface area contributed by atoms with Crippen molar-refractivity contribution in [3.05, 3.63) is 36.4 Å². The molecule has 0 unspecified atom stereocenters. The van der Waals surface area contributed by atoms with Crippen LogP contribution < -0.4 is 29.6 Å². The fourth-order valence-corrected chi connectivity index (χ4v) is 2.85. The summed E-state index contributed by atoms with van der Waals surface area (Å²) in [5, 5.41) is 0.452. The van der Waals surface area contributed by atoms with Crippen LogP contribution in [0.5, 0.6) is 0 Å². The van der Waals surface area contributed by atoms with Crippen LogP contribution in [0.4, 0.5) is 0 Å². The molecular formula is C10H9NaO6S2. The fraction of sp³-hybridized carbons (Fsp3) is 0. The number of rotatable bonds is 2. The van der Waals surface area contributed by atoms with Crippen molar-refractivity contribution >= 4 is 31.0 Å². The van der Waals surface area contributed by atoms with Crippen molar-refractivity contribution in [2.45, 2.75) is 9.79 Å². The van der Waals surface area contributed by atoms with Gasteiger partial charge in [0, 0.05) is 5.39 Å². The molecular weight excluding hydrogens is 303 g/mol. The second kappa shape index (κ2) is 5.49. The van der Waals surface area contributed by atoms with Crippen LogP contribution in [0.15, 0.2) is 46.2 Å². The average molecular weight is 312 g/mol. The van der Waals surface area contributed by atoms with E-state index in [0.717, 1.165) is 12.1 Å². The minimum Gasteiger partial charge on any atom is -1.00 e. The third-order valence-electron chi connectivity index (χ3n) is 2.39. The molecule has 19 heavy (non-hydrogen) atoms. The molecule has 0 amide bonds. The number of hydrogen-bond acceptors (Lipinski definition) is 4. The smallest absolute Gasteiger partial charge is 1.00 e. The summed E-state index contributed by atoms with van der Waals surface area (Å²) in [6.07, 6.45) is 0. The van der Waals surface area contributed by atoms with E-state index in [9.17, 15) is 16.8 Å². The molecule has 0 aliphatic heterocycles. The normalized spacial score (nSPS) is 12.1. The van der Waals surface area contributed by atoms with Crippen molar-refractivity contribution in [3.63, 3.8) is 0 Å². The van der Waals surface area contributed by atoms with Gasteiger partial charge in [-0.25, -0.2) is 0 Å². The summed E-state index contributed by atoms with van der Waals surface area (Å²) in [5.41, 5.74) is 0. The summed E-state index contributed by atoms with van der Waals surface area (Å²) in [4.78, 5) is -0.663. The van der Waals surface area contributed by atoms with E-state index >= 15 is 0 Å². The molecule has 0 radical (unpaired) electrons. The number of fused-ring (bicyclic) bond motifs is 1. The van der Waals surface area contributed by atoms with E-state index in [0.29, 0.717) is 0 Å². The molecule has 2 N–H and O–H groups in total. The molecule has 0 heterocycles. The topological polar surface area (TPSA) is 109 Å². The van der Waals surface area contributed by atoms with E-state index in [4.69, 9.17) is 9.11 Å². The molecule has 98 valence electrons. The van der Waals surface area contributed by atoms with Gasteiger partial charge in [0.25, 0.3) is 20.2 Å². The van der Waals surface area contributed by atoms with Crippen LogP contribution >= 0.6 is 0 Å². The van der Waals surface area contributed by atoms with Crippen molar-refractivity contribution in [3.8, 4) is 0 Å². The molecule has 2 aromatic carbocycles. The van der Waals surface area contributed by atoms with Gasteiger partial charge in [0.1, 0.15) is 4.90 Å². The van der Waals surface area contributed by atoms with Crippen LogP contribution in [-0.2, 0) is 20.2 Å². The Morgan fingerprint density at radius 1 is 0.895 bits per heavy atom. The summed E-state index contributed by atoms with van der Waals surface area (Å²) in [6.45, 7) is 0. The minimum absolute atomic E-state index is 0. The van der Waals surface area contributed by atoms with Crippen molar-refractivity contribution in [2.75, 3.05) is 0 Å². The van der Waals surface area contributed by atoms with Gasteiger partial charge in [-0.1, -0.05) is 18.2 Å². The standard InChI is InChI=1S/C10H8O6S2.Na.H/c11-17(12,13)8-4-5-9-7(6-8)2-1-3-10(9)18(14,15)16;;/h1-6H,(H,11,12,13)(H,14,15,16);;/q;+1;-1. The summed E-state index contributed by atoms with van der Waals surface area (Å²) >= 11 is 0. The van der Waals surface area contributed by atoms with E-state index in [1.165, 1.54) is 24.3 Å². The van der Waals surface area contributed by atoms with E-state index < -0.39 is 20.2 Å². The molecule has 2 rings (SSSR count). The third kappa shape index (κ3) is 3.54. The van der Waals surface area contributed by atoms with Crippen LogP contribution in [-0.4, -0.2) is 25.9 Å². The number of hydrogen-bond donors (Lipinski definition) is 2. The largest absolute Gasteiger partial charge is 1.00 e. The summed E-state index contributed by atoms with van der Waals surface area (Å²) in [7, 11) is -8.74. The monoisotopic (exact) mass is 312 g/mol. The Balaban J connectivity index is 0.00000180. The van der Waals surface area contributed by atoms with Gasteiger partial charge in [0.05, 0.1) is 4.90 Å². The van der Waals surface area contributed by atoms with E-state index in [2.05, 4.69) is 0 Å². The van der Waals surface area contributed by atoms with Crippen molar-refractivity contribution in [1.82, 2.24) is 0 Å². The van der Waals surface area contributed by atoms with Crippen LogP contribution in [0.2, 0.25) is 0 Å². The minimum atomic E-state index is -4.39. The van der Waals surface area contributed by atoms with Crippen LogP contribution in [0.3, 0.4) is 0 Å². The predicted molar refractivity (Wildman–Crippen MR) is 64.7 cm³/mol. The first kappa shape index (κ1) is 16.6. The second-order valence-corrected chi connectivity index (χ2v) is 6.40. The van der Waals surface area contributed by atoms with Gasteiger partial charge in [-0.3, -0.25) is 9.11 Å². The maximum atomic E-state index is 11.1. The molecule has 0 fully saturated rings. The maximum absolute atomic E-state index is 11.1. The Bertz CT molecular complexity index is 832. The maximum Gasteiger partial charge on any atom is 1.00 e. The third-order valence-corrected chi connectivity index (χ3v) is 4.15. The molecule has 0 aromatic heterocycles. The molecule has 2 aromatic rings. The Labute approximate surface area is 133 Å². The zero-order valence-electron chi connectivity index (χ0n) is 10.8. The van der Waals surface area contributed by atoms with Crippen LogP contribution in [0.25, 0.3) is 10.8 Å². The number of benzene rings is 2. The Kier molecular flexibility index (Phi) is 4.79. The average Bonchev–Trinajstić information content (AvgIpc) is 2.25. The summed E-state index contributed by atoms with van der Waals surface area (Å²) in [5.74, 6) is 0. The van der Waals surface area contributed by atoms with Gasteiger partial charge >= 0.3 is 29.6 Å². The predicted octanol–water partition coefficient (Wildman–Crippen LogP) is -1.55. The van der Waals surface area contributed by atoms with Crippen LogP contribution in [0.1, 0.15) is 1.43 Å². The Morgan fingerprint density at radius 2 is 1.53 bits per heavy atom. The van der Waals surface area contributed by atoms with Gasteiger partial charge in [-0.15, -0.1) is 0 Å². The molecule has 9 heteroatoms. The van der Waals surface area contributed by atoms with Gasteiger partial charge in [0.2, 0.25) is 0 Å². The van der Waals surface area contributed by atoms with Gasteiger partial charge in [0.15, 0.2) is 0 Å². The van der Waals surface area contributed by atoms with Gasteiger partial charge in [-0.2, -0.15) is 16.8 Å². The van der Waals surface area contributed by atoms with E-state index in [1.54, 1.807) is 0 Å². The van der Waals surface area contributed by atoms with Crippen molar-refractivity contribution < 1.29 is 56.9 Å². The first-order valence-electron chi connectivity index (χ1n) is 4.67. The van der Waals surface area contributed by atoms with Gasteiger partial charge in [-0.05, 0) is 23.6 Å². The van der Waals surface area contributed by atoms with Gasteiger partial charge < -0.3 is 1.43 Å². The zero-order valence-corrected chi connectivity index (χ0v) is 13.4. The quantitative estimate of drug-likeness (QED) is 0.513. The first-order chi connectivity index (χ1) is 8.19. The van der Waals surface area contributed by atoms with E-state index in [1.807, 2.05) is 0 Å². The van der Waals surface area contributed by atoms with Crippen molar-refractivity contribution in [1.29, 1.82) is 0 Å². The summed E-state index contributed by atoms with van der Waals surface area (Å²) in [6, 6.07) is 7.43. The molecule has 0 aliphatic rings. The molecule has 0 atom stereocenters. The first-order valence-corrected chi connectivity index (χ1v) is 7.55. The molecule has 0 saturated heterocycles. The fourth-order valence-electron chi connectivity index (χ4n) is 1.62. The SMILES string of the molecule is O=S(=O)(O)c1ccc2c(S(=O)(=O)O)cccc2c1.[H-].[Na+]. The second-order valence-electron chi connectivity index (χ2n) is 3.59. The molecule has 6 nitrogen and oxygen atoms in total. The van der Waals surface area contributed by atoms with Crippen LogP contribution in [0, 0.1) is 0 Å². The molecule has 0 saturated carbocycles. The molecule has 0 bridgehead atoms.